The molecule has 6 heteroatoms. The molecule has 4 rings (SSSR count). The van der Waals surface area contributed by atoms with Crippen LogP contribution < -0.4 is 14.7 Å². The number of pyridine rings is 2. The largest absolute Gasteiger partial charge is 0.367 e. The number of benzene rings is 1. The van der Waals surface area contributed by atoms with Gasteiger partial charge in [0.15, 0.2) is 0 Å². The van der Waals surface area contributed by atoms with E-state index in [1.165, 1.54) is 0 Å². The van der Waals surface area contributed by atoms with E-state index in [4.69, 9.17) is 0 Å². The van der Waals surface area contributed by atoms with Crippen LogP contribution in [0.4, 0.5) is 17.2 Å². The van der Waals surface area contributed by atoms with Crippen molar-refractivity contribution in [2.24, 2.45) is 0 Å². The lowest BCUT2D eigenvalue weighted by molar-refractivity contribution is 0.0988. The fourth-order valence-corrected chi connectivity index (χ4v) is 3.37. The van der Waals surface area contributed by atoms with Gasteiger partial charge in [0.05, 0.1) is 11.9 Å². The van der Waals surface area contributed by atoms with E-state index in [-0.39, 0.29) is 5.91 Å². The lowest BCUT2D eigenvalue weighted by Gasteiger charge is -2.36. The standard InChI is InChI=1S/C22H23N5O/c1-25(18-7-3-2-4-8-18)22(28)20-11-10-19(17-24-20)26-13-15-27(16-14-26)21-9-5-6-12-23-21/h2-12,17H,13-16H2,1H3. The van der Waals surface area contributed by atoms with Gasteiger partial charge >= 0.3 is 0 Å². The molecular weight excluding hydrogens is 350 g/mol. The molecule has 3 aromatic rings. The second kappa shape index (κ2) is 8.08. The fraction of sp³-hybridized carbons (Fsp3) is 0.227. The summed E-state index contributed by atoms with van der Waals surface area (Å²) in [5.41, 5.74) is 2.34. The van der Waals surface area contributed by atoms with Crippen molar-refractivity contribution in [3.05, 3.63) is 78.8 Å². The van der Waals surface area contributed by atoms with Gasteiger partial charge in [0.2, 0.25) is 0 Å². The van der Waals surface area contributed by atoms with Gasteiger partial charge < -0.3 is 14.7 Å². The maximum Gasteiger partial charge on any atom is 0.276 e. The number of carbonyl (C=O) groups is 1. The molecule has 0 saturated carbocycles. The van der Waals surface area contributed by atoms with E-state index in [0.717, 1.165) is 43.4 Å². The van der Waals surface area contributed by atoms with Crippen LogP contribution in [-0.2, 0) is 0 Å². The maximum atomic E-state index is 12.7. The van der Waals surface area contributed by atoms with Crippen LogP contribution in [0.2, 0.25) is 0 Å². The van der Waals surface area contributed by atoms with Gasteiger partial charge in [0, 0.05) is 45.1 Å². The average molecular weight is 373 g/mol. The molecule has 0 atom stereocenters. The molecule has 0 unspecified atom stereocenters. The molecule has 142 valence electrons. The average Bonchev–Trinajstić information content (AvgIpc) is 2.79. The van der Waals surface area contributed by atoms with Crippen LogP contribution >= 0.6 is 0 Å². The Morgan fingerprint density at radius 3 is 2.21 bits per heavy atom. The molecule has 6 nitrogen and oxygen atoms in total. The van der Waals surface area contributed by atoms with Crippen molar-refractivity contribution >= 4 is 23.1 Å². The second-order valence-corrected chi connectivity index (χ2v) is 6.76. The number of rotatable bonds is 4. The number of piperazine rings is 1. The molecule has 3 heterocycles. The van der Waals surface area contributed by atoms with Crippen LogP contribution in [0.15, 0.2) is 73.1 Å². The molecular formula is C22H23N5O. The zero-order chi connectivity index (χ0) is 19.3. The smallest absolute Gasteiger partial charge is 0.276 e. The normalized spacial score (nSPS) is 14.0. The summed E-state index contributed by atoms with van der Waals surface area (Å²) in [6.45, 7) is 3.62. The molecule has 1 aliphatic heterocycles. The molecule has 1 amide bonds. The van der Waals surface area contributed by atoms with E-state index >= 15 is 0 Å². The third kappa shape index (κ3) is 3.81. The minimum absolute atomic E-state index is 0.113. The molecule has 0 radical (unpaired) electrons. The SMILES string of the molecule is CN(C(=O)c1ccc(N2CCN(c3ccccn3)CC2)cn1)c1ccccc1. The van der Waals surface area contributed by atoms with Crippen LogP contribution in [0, 0.1) is 0 Å². The zero-order valence-electron chi connectivity index (χ0n) is 15.9. The highest BCUT2D eigenvalue weighted by molar-refractivity contribution is 6.04. The van der Waals surface area contributed by atoms with Gasteiger partial charge in [-0.05, 0) is 36.4 Å². The Bertz CT molecular complexity index is 907. The van der Waals surface area contributed by atoms with E-state index in [1.54, 1.807) is 18.1 Å². The quantitative estimate of drug-likeness (QED) is 0.703. The molecule has 1 fully saturated rings. The monoisotopic (exact) mass is 373 g/mol. The number of hydrogen-bond acceptors (Lipinski definition) is 5. The van der Waals surface area contributed by atoms with Crippen LogP contribution in [0.3, 0.4) is 0 Å². The second-order valence-electron chi connectivity index (χ2n) is 6.76. The van der Waals surface area contributed by atoms with Gasteiger partial charge in [-0.1, -0.05) is 24.3 Å². The van der Waals surface area contributed by atoms with E-state index in [1.807, 2.05) is 66.9 Å². The highest BCUT2D eigenvalue weighted by atomic mass is 16.2. The van der Waals surface area contributed by atoms with Gasteiger partial charge in [-0.2, -0.15) is 0 Å². The first-order valence-electron chi connectivity index (χ1n) is 9.42. The Balaban J connectivity index is 1.39. The summed E-state index contributed by atoms with van der Waals surface area (Å²) in [5.74, 6) is 0.905. The minimum atomic E-state index is -0.113. The molecule has 0 bridgehead atoms. The lowest BCUT2D eigenvalue weighted by Crippen LogP contribution is -2.46. The summed E-state index contributed by atoms with van der Waals surface area (Å²) in [4.78, 5) is 27.7. The van der Waals surface area contributed by atoms with Crippen LogP contribution in [-0.4, -0.2) is 49.1 Å². The molecule has 1 saturated heterocycles. The summed E-state index contributed by atoms with van der Waals surface area (Å²) >= 11 is 0. The summed E-state index contributed by atoms with van der Waals surface area (Å²) in [5, 5.41) is 0. The van der Waals surface area contributed by atoms with Crippen molar-refractivity contribution in [3.8, 4) is 0 Å². The highest BCUT2D eigenvalue weighted by Gasteiger charge is 2.19. The first-order chi connectivity index (χ1) is 13.7. The Morgan fingerprint density at radius 2 is 1.57 bits per heavy atom. The first-order valence-corrected chi connectivity index (χ1v) is 9.42. The van der Waals surface area contributed by atoms with Gasteiger partial charge in [-0.15, -0.1) is 0 Å². The molecule has 2 aromatic heterocycles. The fourth-order valence-electron chi connectivity index (χ4n) is 3.37. The summed E-state index contributed by atoms with van der Waals surface area (Å²) in [6, 6.07) is 19.4. The van der Waals surface area contributed by atoms with Crippen LogP contribution in [0.25, 0.3) is 0 Å². The molecule has 28 heavy (non-hydrogen) atoms. The Hall–Kier alpha value is -3.41. The molecule has 0 spiro atoms. The predicted octanol–water partition coefficient (Wildman–Crippen LogP) is 3.08. The number of anilines is 3. The van der Waals surface area contributed by atoms with Crippen molar-refractivity contribution in [2.45, 2.75) is 0 Å². The lowest BCUT2D eigenvalue weighted by atomic mass is 10.2. The Morgan fingerprint density at radius 1 is 0.857 bits per heavy atom. The first kappa shape index (κ1) is 18.0. The summed E-state index contributed by atoms with van der Waals surface area (Å²) in [6.07, 6.45) is 3.62. The molecule has 1 aliphatic rings. The summed E-state index contributed by atoms with van der Waals surface area (Å²) in [7, 11) is 1.77. The predicted molar refractivity (Wildman–Crippen MR) is 112 cm³/mol. The van der Waals surface area contributed by atoms with Gasteiger partial charge in [-0.3, -0.25) is 4.79 Å². The molecule has 1 aromatic carbocycles. The summed E-state index contributed by atoms with van der Waals surface area (Å²) < 4.78 is 0. The van der Waals surface area contributed by atoms with Crippen molar-refractivity contribution < 1.29 is 4.79 Å². The Kier molecular flexibility index (Phi) is 5.19. The number of para-hydroxylation sites is 1. The number of carbonyl (C=O) groups excluding carboxylic acids is 1. The Labute approximate surface area is 165 Å². The zero-order valence-corrected chi connectivity index (χ0v) is 15.9. The van der Waals surface area contributed by atoms with Gasteiger partial charge in [0.25, 0.3) is 5.91 Å². The minimum Gasteiger partial charge on any atom is -0.367 e. The van der Waals surface area contributed by atoms with E-state index in [9.17, 15) is 4.79 Å². The molecule has 0 N–H and O–H groups in total. The van der Waals surface area contributed by atoms with Gasteiger partial charge in [0.1, 0.15) is 11.5 Å². The third-order valence-electron chi connectivity index (χ3n) is 5.03. The van der Waals surface area contributed by atoms with Gasteiger partial charge in [-0.25, -0.2) is 9.97 Å². The molecule has 0 aliphatic carbocycles. The van der Waals surface area contributed by atoms with Crippen molar-refractivity contribution in [3.63, 3.8) is 0 Å². The van der Waals surface area contributed by atoms with Crippen molar-refractivity contribution in [1.29, 1.82) is 0 Å². The maximum absolute atomic E-state index is 12.7. The van der Waals surface area contributed by atoms with E-state index in [2.05, 4.69) is 19.8 Å². The number of hydrogen-bond donors (Lipinski definition) is 0. The highest BCUT2D eigenvalue weighted by Crippen LogP contribution is 2.20. The van der Waals surface area contributed by atoms with Crippen LogP contribution in [0.5, 0.6) is 0 Å². The number of amides is 1. The van der Waals surface area contributed by atoms with Crippen LogP contribution in [0.1, 0.15) is 10.5 Å². The number of nitrogens with zero attached hydrogens (tertiary/aromatic N) is 5. The van der Waals surface area contributed by atoms with Crippen molar-refractivity contribution in [2.75, 3.05) is 47.9 Å². The van der Waals surface area contributed by atoms with E-state index < -0.39 is 0 Å². The van der Waals surface area contributed by atoms with Crippen molar-refractivity contribution in [1.82, 2.24) is 9.97 Å². The topological polar surface area (TPSA) is 52.6 Å². The number of aromatic nitrogens is 2. The van der Waals surface area contributed by atoms with E-state index in [0.29, 0.717) is 5.69 Å². The third-order valence-corrected chi connectivity index (χ3v) is 5.03.